The summed E-state index contributed by atoms with van der Waals surface area (Å²) in [7, 11) is 0. The lowest BCUT2D eigenvalue weighted by Crippen LogP contribution is -2.53. The van der Waals surface area contributed by atoms with E-state index in [-0.39, 0.29) is 18.0 Å². The Hall–Kier alpha value is -1.10. The minimum Gasteiger partial charge on any atom is -0.380 e. The number of nitrogens with zero attached hydrogens (tertiary/aromatic N) is 1. The molecule has 1 atom stereocenters. The summed E-state index contributed by atoms with van der Waals surface area (Å²) in [6, 6.07) is -0.295. The zero-order chi connectivity index (χ0) is 10.6. The number of carbonyl (C=O) groups excluding carboxylic acids is 2. The molecule has 1 aliphatic rings. The van der Waals surface area contributed by atoms with Crippen LogP contribution in [-0.4, -0.2) is 42.6 Å². The van der Waals surface area contributed by atoms with Gasteiger partial charge in [0, 0.05) is 19.6 Å². The van der Waals surface area contributed by atoms with E-state index in [1.807, 2.05) is 13.8 Å². The maximum atomic E-state index is 11.3. The second kappa shape index (κ2) is 4.95. The molecule has 0 radical (unpaired) electrons. The predicted molar refractivity (Wildman–Crippen MR) is 50.8 cm³/mol. The van der Waals surface area contributed by atoms with Crippen LogP contribution in [0.15, 0.2) is 0 Å². The van der Waals surface area contributed by atoms with Crippen LogP contribution in [0.4, 0.5) is 4.79 Å². The molecule has 1 saturated heterocycles. The Morgan fingerprint density at radius 3 is 2.86 bits per heavy atom. The van der Waals surface area contributed by atoms with Gasteiger partial charge in [0.25, 0.3) is 0 Å². The number of rotatable bonds is 4. The smallest absolute Gasteiger partial charge is 0.324 e. The maximum absolute atomic E-state index is 11.3. The van der Waals surface area contributed by atoms with Gasteiger partial charge >= 0.3 is 6.03 Å². The molecule has 0 aromatic carbocycles. The van der Waals surface area contributed by atoms with Crippen LogP contribution in [0.3, 0.4) is 0 Å². The average molecular weight is 200 g/mol. The molecule has 14 heavy (non-hydrogen) atoms. The van der Waals surface area contributed by atoms with Crippen molar-refractivity contribution in [2.24, 2.45) is 0 Å². The molecular formula is C9H16N2O3. The van der Waals surface area contributed by atoms with Crippen molar-refractivity contribution >= 4 is 11.9 Å². The van der Waals surface area contributed by atoms with Gasteiger partial charge in [0.15, 0.2) is 0 Å². The van der Waals surface area contributed by atoms with Crippen LogP contribution in [0.5, 0.6) is 0 Å². The Kier molecular flexibility index (Phi) is 3.88. The van der Waals surface area contributed by atoms with E-state index in [9.17, 15) is 9.59 Å². The fraction of sp³-hybridized carbons (Fsp3) is 0.778. The zero-order valence-electron chi connectivity index (χ0n) is 8.58. The highest BCUT2D eigenvalue weighted by Gasteiger charge is 2.26. The molecule has 0 aromatic heterocycles. The number of amides is 3. The predicted octanol–water partition coefficient (Wildman–Crippen LogP) is 0.353. The highest BCUT2D eigenvalue weighted by Crippen LogP contribution is 2.06. The lowest BCUT2D eigenvalue weighted by molar-refractivity contribution is -0.121. The van der Waals surface area contributed by atoms with E-state index in [2.05, 4.69) is 5.32 Å². The fourth-order valence-electron chi connectivity index (χ4n) is 1.38. The number of imide groups is 1. The molecular weight excluding hydrogens is 184 g/mol. The molecule has 80 valence electrons. The van der Waals surface area contributed by atoms with Gasteiger partial charge in [-0.15, -0.1) is 0 Å². The van der Waals surface area contributed by atoms with Crippen molar-refractivity contribution in [3.8, 4) is 0 Å². The van der Waals surface area contributed by atoms with Crippen molar-refractivity contribution in [1.82, 2.24) is 10.2 Å². The molecule has 1 unspecified atom stereocenters. The van der Waals surface area contributed by atoms with Crippen molar-refractivity contribution in [2.75, 3.05) is 19.8 Å². The SMILES string of the molecule is CCOCC(C)N1CCC(=O)NC1=O. The number of urea groups is 1. The van der Waals surface area contributed by atoms with Crippen molar-refractivity contribution in [3.05, 3.63) is 0 Å². The Bertz CT molecular complexity index is 230. The molecule has 1 rings (SSSR count). The van der Waals surface area contributed by atoms with Gasteiger partial charge in [0.1, 0.15) is 0 Å². The van der Waals surface area contributed by atoms with Gasteiger partial charge in [-0.05, 0) is 13.8 Å². The monoisotopic (exact) mass is 200 g/mol. The molecule has 3 amide bonds. The first-order chi connectivity index (χ1) is 6.65. The lowest BCUT2D eigenvalue weighted by Gasteiger charge is -2.31. The normalized spacial score (nSPS) is 19.4. The standard InChI is InChI=1S/C9H16N2O3/c1-3-14-6-7(2)11-5-4-8(12)10-9(11)13/h7H,3-6H2,1-2H3,(H,10,12,13). The quantitative estimate of drug-likeness (QED) is 0.712. The van der Waals surface area contributed by atoms with Gasteiger partial charge in [-0.1, -0.05) is 0 Å². The number of hydrogen-bond acceptors (Lipinski definition) is 3. The van der Waals surface area contributed by atoms with E-state index in [4.69, 9.17) is 4.74 Å². The van der Waals surface area contributed by atoms with E-state index in [1.54, 1.807) is 4.90 Å². The van der Waals surface area contributed by atoms with Gasteiger partial charge in [0.05, 0.1) is 12.6 Å². The Labute approximate surface area is 83.4 Å². The van der Waals surface area contributed by atoms with Gasteiger partial charge in [-0.2, -0.15) is 0 Å². The van der Waals surface area contributed by atoms with Crippen molar-refractivity contribution in [1.29, 1.82) is 0 Å². The molecule has 0 bridgehead atoms. The van der Waals surface area contributed by atoms with Crippen LogP contribution < -0.4 is 5.32 Å². The van der Waals surface area contributed by atoms with E-state index >= 15 is 0 Å². The minimum atomic E-state index is -0.312. The van der Waals surface area contributed by atoms with Crippen LogP contribution in [-0.2, 0) is 9.53 Å². The van der Waals surface area contributed by atoms with E-state index in [0.29, 0.717) is 26.2 Å². The molecule has 1 heterocycles. The Balaban J connectivity index is 2.43. The third-order valence-electron chi connectivity index (χ3n) is 2.18. The third kappa shape index (κ3) is 2.70. The van der Waals surface area contributed by atoms with Crippen molar-refractivity contribution < 1.29 is 14.3 Å². The summed E-state index contributed by atoms with van der Waals surface area (Å²) in [5, 5.41) is 2.28. The number of nitrogens with one attached hydrogen (secondary N) is 1. The molecule has 1 aliphatic heterocycles. The molecule has 5 heteroatoms. The third-order valence-corrected chi connectivity index (χ3v) is 2.18. The number of ether oxygens (including phenoxy) is 1. The molecule has 5 nitrogen and oxygen atoms in total. The van der Waals surface area contributed by atoms with Crippen LogP contribution in [0.2, 0.25) is 0 Å². The molecule has 0 saturated carbocycles. The molecule has 1 fully saturated rings. The van der Waals surface area contributed by atoms with Crippen molar-refractivity contribution in [2.45, 2.75) is 26.3 Å². The largest absolute Gasteiger partial charge is 0.380 e. The first-order valence-electron chi connectivity index (χ1n) is 4.83. The van der Waals surface area contributed by atoms with E-state index in [1.165, 1.54) is 0 Å². The first-order valence-corrected chi connectivity index (χ1v) is 4.83. The lowest BCUT2D eigenvalue weighted by atomic mass is 10.2. The topological polar surface area (TPSA) is 58.6 Å². The van der Waals surface area contributed by atoms with Crippen LogP contribution in [0.1, 0.15) is 20.3 Å². The highest BCUT2D eigenvalue weighted by molar-refractivity contribution is 5.96. The van der Waals surface area contributed by atoms with E-state index < -0.39 is 0 Å². The molecule has 0 aliphatic carbocycles. The van der Waals surface area contributed by atoms with Crippen LogP contribution in [0.25, 0.3) is 0 Å². The van der Waals surface area contributed by atoms with Crippen molar-refractivity contribution in [3.63, 3.8) is 0 Å². The van der Waals surface area contributed by atoms with Crippen LogP contribution >= 0.6 is 0 Å². The summed E-state index contributed by atoms with van der Waals surface area (Å²) in [6.07, 6.45) is 0.377. The van der Waals surface area contributed by atoms with Gasteiger partial charge in [-0.3, -0.25) is 10.1 Å². The summed E-state index contributed by atoms with van der Waals surface area (Å²) in [5.41, 5.74) is 0. The van der Waals surface area contributed by atoms with Crippen LogP contribution in [0, 0.1) is 0 Å². The maximum Gasteiger partial charge on any atom is 0.324 e. The number of hydrogen-bond donors (Lipinski definition) is 1. The first kappa shape index (κ1) is 11.0. The number of carbonyl (C=O) groups is 2. The fourth-order valence-corrected chi connectivity index (χ4v) is 1.38. The summed E-state index contributed by atoms with van der Waals surface area (Å²) in [4.78, 5) is 23.8. The second-order valence-electron chi connectivity index (χ2n) is 3.31. The Morgan fingerprint density at radius 2 is 2.29 bits per heavy atom. The molecule has 0 aromatic rings. The summed E-state index contributed by atoms with van der Waals surface area (Å²) < 4.78 is 5.22. The van der Waals surface area contributed by atoms with Gasteiger partial charge < -0.3 is 9.64 Å². The van der Waals surface area contributed by atoms with Gasteiger partial charge in [0.2, 0.25) is 5.91 Å². The molecule has 1 N–H and O–H groups in total. The van der Waals surface area contributed by atoms with E-state index in [0.717, 1.165) is 0 Å². The highest BCUT2D eigenvalue weighted by atomic mass is 16.5. The molecule has 0 spiro atoms. The Morgan fingerprint density at radius 1 is 1.57 bits per heavy atom. The summed E-state index contributed by atoms with van der Waals surface area (Å²) in [5.74, 6) is -0.199. The zero-order valence-corrected chi connectivity index (χ0v) is 8.58. The summed E-state index contributed by atoms with van der Waals surface area (Å²) in [6.45, 7) is 5.45. The summed E-state index contributed by atoms with van der Waals surface area (Å²) >= 11 is 0. The van der Waals surface area contributed by atoms with Gasteiger partial charge in [-0.25, -0.2) is 4.79 Å². The second-order valence-corrected chi connectivity index (χ2v) is 3.31. The minimum absolute atomic E-state index is 0.0167. The average Bonchev–Trinajstić information content (AvgIpc) is 2.14.